The topological polar surface area (TPSA) is 38.2 Å². The number of aromatic nitrogens is 2. The number of nitrogens with zero attached hydrogens (tertiary/aromatic N) is 3. The summed E-state index contributed by atoms with van der Waals surface area (Å²) in [4.78, 5) is 11.0. The van der Waals surface area contributed by atoms with Crippen LogP contribution in [0.5, 0.6) is 5.88 Å². The summed E-state index contributed by atoms with van der Waals surface area (Å²) in [5, 5.41) is 0. The van der Waals surface area contributed by atoms with E-state index in [2.05, 4.69) is 14.9 Å². The zero-order chi connectivity index (χ0) is 13.0. The van der Waals surface area contributed by atoms with Gasteiger partial charge in [0.2, 0.25) is 11.8 Å². The molecule has 1 fully saturated rings. The van der Waals surface area contributed by atoms with E-state index in [9.17, 15) is 0 Å². The lowest BCUT2D eigenvalue weighted by Gasteiger charge is -2.17. The van der Waals surface area contributed by atoms with Gasteiger partial charge in [0, 0.05) is 31.2 Å². The molecule has 18 heavy (non-hydrogen) atoms. The molecule has 0 amide bonds. The summed E-state index contributed by atoms with van der Waals surface area (Å²) >= 11 is 5.79. The van der Waals surface area contributed by atoms with Gasteiger partial charge in [-0.15, -0.1) is 11.6 Å². The maximum absolute atomic E-state index is 5.79. The minimum atomic E-state index is 0.135. The summed E-state index contributed by atoms with van der Waals surface area (Å²) in [6, 6.07) is 1.80. The molecule has 2 heterocycles. The molecule has 1 aromatic heterocycles. The number of rotatable bonds is 5. The van der Waals surface area contributed by atoms with Crippen molar-refractivity contribution in [2.75, 3.05) is 23.9 Å². The summed E-state index contributed by atoms with van der Waals surface area (Å²) in [6.07, 6.45) is 4.14. The average Bonchev–Trinajstić information content (AvgIpc) is 2.78. The van der Waals surface area contributed by atoms with Crippen molar-refractivity contribution in [2.24, 2.45) is 5.92 Å². The molecule has 4 nitrogen and oxygen atoms in total. The van der Waals surface area contributed by atoms with Gasteiger partial charge in [0.05, 0.1) is 6.10 Å². The van der Waals surface area contributed by atoms with E-state index in [1.807, 2.05) is 13.8 Å². The molecule has 0 aliphatic carbocycles. The maximum atomic E-state index is 5.79. The lowest BCUT2D eigenvalue weighted by atomic mass is 10.1. The van der Waals surface area contributed by atoms with Crippen molar-refractivity contribution < 1.29 is 4.74 Å². The predicted molar refractivity (Wildman–Crippen MR) is 73.5 cm³/mol. The van der Waals surface area contributed by atoms with Crippen molar-refractivity contribution >= 4 is 17.5 Å². The van der Waals surface area contributed by atoms with Crippen LogP contribution >= 0.6 is 11.6 Å². The standard InChI is InChI=1S/C13H20ClN3O/c1-10(2)18-12-4-7-15-13(16-12)17-8-5-11(9-17)3-6-14/h4,7,10-11H,3,5-6,8-9H2,1-2H3. The third-order valence-corrected chi connectivity index (χ3v) is 3.28. The van der Waals surface area contributed by atoms with E-state index in [0.717, 1.165) is 31.3 Å². The predicted octanol–water partition coefficient (Wildman–Crippen LogP) is 2.72. The summed E-state index contributed by atoms with van der Waals surface area (Å²) < 4.78 is 5.59. The van der Waals surface area contributed by atoms with Crippen LogP contribution in [0.25, 0.3) is 0 Å². The molecule has 0 radical (unpaired) electrons. The van der Waals surface area contributed by atoms with Crippen molar-refractivity contribution in [3.05, 3.63) is 12.3 Å². The number of halogens is 1. The van der Waals surface area contributed by atoms with Crippen LogP contribution in [0.2, 0.25) is 0 Å². The fourth-order valence-electron chi connectivity index (χ4n) is 2.20. The minimum absolute atomic E-state index is 0.135. The van der Waals surface area contributed by atoms with Gasteiger partial charge in [-0.3, -0.25) is 0 Å². The molecule has 1 aromatic rings. The first kappa shape index (κ1) is 13.4. The Labute approximate surface area is 113 Å². The van der Waals surface area contributed by atoms with Gasteiger partial charge in [0.1, 0.15) is 0 Å². The van der Waals surface area contributed by atoms with Gasteiger partial charge in [-0.1, -0.05) is 0 Å². The van der Waals surface area contributed by atoms with Crippen molar-refractivity contribution in [1.29, 1.82) is 0 Å². The first-order chi connectivity index (χ1) is 8.69. The molecule has 0 aromatic carbocycles. The van der Waals surface area contributed by atoms with Crippen LogP contribution in [0, 0.1) is 5.92 Å². The van der Waals surface area contributed by atoms with Crippen LogP contribution in [-0.4, -0.2) is 35.0 Å². The Morgan fingerprint density at radius 1 is 1.56 bits per heavy atom. The monoisotopic (exact) mass is 269 g/mol. The Bertz CT molecular complexity index is 386. The van der Waals surface area contributed by atoms with Crippen LogP contribution in [0.1, 0.15) is 26.7 Å². The minimum Gasteiger partial charge on any atom is -0.475 e. The van der Waals surface area contributed by atoms with Crippen molar-refractivity contribution in [3.63, 3.8) is 0 Å². The van der Waals surface area contributed by atoms with Gasteiger partial charge in [-0.05, 0) is 32.6 Å². The first-order valence-corrected chi connectivity index (χ1v) is 7.03. The highest BCUT2D eigenvalue weighted by Gasteiger charge is 2.24. The zero-order valence-corrected chi connectivity index (χ0v) is 11.7. The molecule has 0 spiro atoms. The summed E-state index contributed by atoms with van der Waals surface area (Å²) in [5.74, 6) is 2.82. The van der Waals surface area contributed by atoms with Gasteiger partial charge in [-0.2, -0.15) is 4.98 Å². The van der Waals surface area contributed by atoms with Gasteiger partial charge in [-0.25, -0.2) is 4.98 Å². The molecule has 0 N–H and O–H groups in total. The third-order valence-electron chi connectivity index (χ3n) is 3.06. The lowest BCUT2D eigenvalue weighted by Crippen LogP contribution is -2.22. The van der Waals surface area contributed by atoms with Crippen LogP contribution in [-0.2, 0) is 0 Å². The Morgan fingerprint density at radius 3 is 3.11 bits per heavy atom. The number of hydrogen-bond donors (Lipinski definition) is 0. The molecule has 1 atom stereocenters. The smallest absolute Gasteiger partial charge is 0.228 e. The quantitative estimate of drug-likeness (QED) is 0.771. The van der Waals surface area contributed by atoms with E-state index in [1.54, 1.807) is 12.3 Å². The van der Waals surface area contributed by atoms with Gasteiger partial charge in [0.25, 0.3) is 0 Å². The lowest BCUT2D eigenvalue weighted by molar-refractivity contribution is 0.232. The maximum Gasteiger partial charge on any atom is 0.228 e. The second-order valence-corrected chi connectivity index (χ2v) is 5.32. The van der Waals surface area contributed by atoms with Crippen molar-refractivity contribution in [3.8, 4) is 5.88 Å². The second kappa shape index (κ2) is 6.23. The molecule has 2 rings (SSSR count). The van der Waals surface area contributed by atoms with E-state index in [4.69, 9.17) is 16.3 Å². The van der Waals surface area contributed by atoms with Crippen LogP contribution in [0.4, 0.5) is 5.95 Å². The van der Waals surface area contributed by atoms with Crippen molar-refractivity contribution in [1.82, 2.24) is 9.97 Å². The highest BCUT2D eigenvalue weighted by Crippen LogP contribution is 2.24. The molecule has 1 unspecified atom stereocenters. The normalized spacial score (nSPS) is 19.6. The Hall–Kier alpha value is -1.03. The van der Waals surface area contributed by atoms with Crippen molar-refractivity contribution in [2.45, 2.75) is 32.8 Å². The number of alkyl halides is 1. The van der Waals surface area contributed by atoms with Crippen LogP contribution < -0.4 is 9.64 Å². The Kier molecular flexibility index (Phi) is 4.64. The van der Waals surface area contributed by atoms with E-state index in [0.29, 0.717) is 11.8 Å². The van der Waals surface area contributed by atoms with Crippen LogP contribution in [0.3, 0.4) is 0 Å². The van der Waals surface area contributed by atoms with Gasteiger partial charge < -0.3 is 9.64 Å². The van der Waals surface area contributed by atoms with E-state index >= 15 is 0 Å². The fourth-order valence-corrected chi connectivity index (χ4v) is 2.50. The number of ether oxygens (including phenoxy) is 1. The Morgan fingerprint density at radius 2 is 2.39 bits per heavy atom. The fraction of sp³-hybridized carbons (Fsp3) is 0.692. The summed E-state index contributed by atoms with van der Waals surface area (Å²) in [5.41, 5.74) is 0. The molecule has 1 saturated heterocycles. The Balaban J connectivity index is 2.01. The molecular weight excluding hydrogens is 250 g/mol. The molecule has 0 saturated carbocycles. The molecule has 5 heteroatoms. The molecule has 100 valence electrons. The SMILES string of the molecule is CC(C)Oc1ccnc(N2CCC(CCCl)C2)n1. The van der Waals surface area contributed by atoms with Crippen LogP contribution in [0.15, 0.2) is 12.3 Å². The van der Waals surface area contributed by atoms with E-state index < -0.39 is 0 Å². The molecule has 1 aliphatic rings. The van der Waals surface area contributed by atoms with Gasteiger partial charge in [0.15, 0.2) is 0 Å². The average molecular weight is 270 g/mol. The first-order valence-electron chi connectivity index (χ1n) is 6.49. The summed E-state index contributed by atoms with van der Waals surface area (Å²) in [7, 11) is 0. The molecular formula is C13H20ClN3O. The number of anilines is 1. The highest BCUT2D eigenvalue weighted by atomic mass is 35.5. The largest absolute Gasteiger partial charge is 0.475 e. The second-order valence-electron chi connectivity index (χ2n) is 4.94. The summed E-state index contributed by atoms with van der Waals surface area (Å²) in [6.45, 7) is 5.99. The van der Waals surface area contributed by atoms with E-state index in [1.165, 1.54) is 6.42 Å². The van der Waals surface area contributed by atoms with Gasteiger partial charge >= 0.3 is 0 Å². The highest BCUT2D eigenvalue weighted by molar-refractivity contribution is 6.17. The molecule has 0 bridgehead atoms. The third kappa shape index (κ3) is 3.48. The number of hydrogen-bond acceptors (Lipinski definition) is 4. The molecule has 1 aliphatic heterocycles. The van der Waals surface area contributed by atoms with E-state index in [-0.39, 0.29) is 6.10 Å². The zero-order valence-electron chi connectivity index (χ0n) is 11.0.